The topological polar surface area (TPSA) is 81.4 Å². The van der Waals surface area contributed by atoms with Crippen LogP contribution in [0.15, 0.2) is 60.7 Å². The van der Waals surface area contributed by atoms with Crippen LogP contribution in [0.3, 0.4) is 0 Å². The Bertz CT molecular complexity index is 699. The first-order valence-corrected chi connectivity index (χ1v) is 8.23. The Balaban J connectivity index is 1.86. The van der Waals surface area contributed by atoms with E-state index in [1.165, 1.54) is 0 Å². The van der Waals surface area contributed by atoms with Crippen LogP contribution in [0, 0.1) is 0 Å². The molecule has 0 aliphatic heterocycles. The zero-order valence-electron chi connectivity index (χ0n) is 14.6. The van der Waals surface area contributed by atoms with Crippen LogP contribution in [-0.4, -0.2) is 23.5 Å². The van der Waals surface area contributed by atoms with Gasteiger partial charge in [-0.2, -0.15) is 0 Å². The van der Waals surface area contributed by atoms with Gasteiger partial charge in [0.15, 0.2) is 0 Å². The van der Waals surface area contributed by atoms with E-state index in [0.717, 1.165) is 11.1 Å². The van der Waals surface area contributed by atoms with Gasteiger partial charge in [-0.3, -0.25) is 4.79 Å². The maximum absolute atomic E-state index is 12.4. The molecule has 0 fully saturated rings. The molecule has 0 aromatic heterocycles. The summed E-state index contributed by atoms with van der Waals surface area (Å²) < 4.78 is 5.23. The molecule has 2 atom stereocenters. The number of rotatable bonds is 7. The second-order valence-corrected chi connectivity index (χ2v) is 6.37. The van der Waals surface area contributed by atoms with E-state index in [1.807, 2.05) is 60.7 Å². The molecule has 0 bridgehead atoms. The van der Waals surface area contributed by atoms with Gasteiger partial charge >= 0.3 is 5.97 Å². The number of benzene rings is 2. The summed E-state index contributed by atoms with van der Waals surface area (Å²) in [4.78, 5) is 24.5. The highest BCUT2D eigenvalue weighted by atomic mass is 16.5. The van der Waals surface area contributed by atoms with E-state index in [4.69, 9.17) is 10.5 Å². The van der Waals surface area contributed by atoms with Crippen molar-refractivity contribution >= 4 is 11.9 Å². The van der Waals surface area contributed by atoms with Crippen LogP contribution in [0.1, 0.15) is 25.0 Å². The molecule has 0 aliphatic carbocycles. The van der Waals surface area contributed by atoms with Crippen LogP contribution in [0.2, 0.25) is 0 Å². The molecule has 0 saturated heterocycles. The predicted octanol–water partition coefficient (Wildman–Crippen LogP) is 2.19. The minimum atomic E-state index is -1.12. The fourth-order valence-corrected chi connectivity index (χ4v) is 2.37. The lowest BCUT2D eigenvalue weighted by Crippen LogP contribution is -2.56. The molecule has 2 aromatic rings. The van der Waals surface area contributed by atoms with E-state index >= 15 is 0 Å². The molecule has 132 valence electrons. The van der Waals surface area contributed by atoms with Gasteiger partial charge in [-0.15, -0.1) is 0 Å². The van der Waals surface area contributed by atoms with Gasteiger partial charge in [-0.05, 0) is 31.4 Å². The maximum Gasteiger partial charge on any atom is 0.328 e. The van der Waals surface area contributed by atoms with Gasteiger partial charge in [-0.25, -0.2) is 4.79 Å². The Morgan fingerprint density at radius 1 is 1.04 bits per heavy atom. The Morgan fingerprint density at radius 3 is 2.12 bits per heavy atom. The fourth-order valence-electron chi connectivity index (χ4n) is 2.37. The monoisotopic (exact) mass is 340 g/mol. The van der Waals surface area contributed by atoms with Crippen molar-refractivity contribution in [2.45, 2.75) is 38.5 Å². The summed E-state index contributed by atoms with van der Waals surface area (Å²) >= 11 is 0. The van der Waals surface area contributed by atoms with E-state index in [9.17, 15) is 9.59 Å². The van der Waals surface area contributed by atoms with Crippen molar-refractivity contribution in [1.82, 2.24) is 5.32 Å². The van der Waals surface area contributed by atoms with E-state index in [0.29, 0.717) is 6.42 Å². The number of carbonyl (C=O) groups is 2. The van der Waals surface area contributed by atoms with Gasteiger partial charge in [0.05, 0.1) is 5.54 Å². The molecule has 0 spiro atoms. The van der Waals surface area contributed by atoms with E-state index in [1.54, 1.807) is 13.8 Å². The number of nitrogens with one attached hydrogen (secondary N) is 1. The fraction of sp³-hybridized carbons (Fsp3) is 0.300. The van der Waals surface area contributed by atoms with E-state index in [-0.39, 0.29) is 12.5 Å². The molecule has 3 N–H and O–H groups in total. The number of carbonyl (C=O) groups excluding carboxylic acids is 2. The highest BCUT2D eigenvalue weighted by molar-refractivity contribution is 5.90. The normalized spacial score (nSPS) is 14.2. The average Bonchev–Trinajstić information content (AvgIpc) is 2.61. The van der Waals surface area contributed by atoms with E-state index < -0.39 is 17.6 Å². The van der Waals surface area contributed by atoms with Crippen molar-refractivity contribution in [3.8, 4) is 0 Å². The molecular formula is C20H24N2O3. The van der Waals surface area contributed by atoms with Crippen LogP contribution < -0.4 is 11.1 Å². The first kappa shape index (κ1) is 18.7. The molecule has 2 rings (SSSR count). The van der Waals surface area contributed by atoms with Gasteiger partial charge < -0.3 is 15.8 Å². The van der Waals surface area contributed by atoms with Crippen molar-refractivity contribution in [1.29, 1.82) is 0 Å². The largest absolute Gasteiger partial charge is 0.459 e. The third kappa shape index (κ3) is 5.72. The minimum Gasteiger partial charge on any atom is -0.459 e. The summed E-state index contributed by atoms with van der Waals surface area (Å²) in [6.45, 7) is 3.41. The smallest absolute Gasteiger partial charge is 0.328 e. The standard InChI is InChI=1S/C20H24N2O3/c1-15(18(23)25-14-17-11-7-4-8-12-17)22-19(24)20(2,21)13-16-9-5-3-6-10-16/h3-12,15H,13-14,21H2,1-2H3,(H,22,24)/t15-,20-/m1/s1. The number of hydrogen-bond donors (Lipinski definition) is 2. The first-order chi connectivity index (χ1) is 11.9. The highest BCUT2D eigenvalue weighted by Gasteiger charge is 2.31. The molecule has 0 unspecified atom stereocenters. The summed E-state index contributed by atoms with van der Waals surface area (Å²) in [5.74, 6) is -0.881. The number of nitrogens with two attached hydrogens (primary N) is 1. The maximum atomic E-state index is 12.4. The lowest BCUT2D eigenvalue weighted by Gasteiger charge is -2.25. The Kier molecular flexibility index (Phi) is 6.31. The summed E-state index contributed by atoms with van der Waals surface area (Å²) in [7, 11) is 0. The summed E-state index contributed by atoms with van der Waals surface area (Å²) in [5.41, 5.74) is 6.88. The lowest BCUT2D eigenvalue weighted by atomic mass is 9.93. The highest BCUT2D eigenvalue weighted by Crippen LogP contribution is 2.11. The van der Waals surface area contributed by atoms with Crippen LogP contribution in [0.5, 0.6) is 0 Å². The predicted molar refractivity (Wildman–Crippen MR) is 96.6 cm³/mol. The third-order valence-corrected chi connectivity index (χ3v) is 3.86. The molecule has 25 heavy (non-hydrogen) atoms. The van der Waals surface area contributed by atoms with Crippen LogP contribution >= 0.6 is 0 Å². The summed E-state index contributed by atoms with van der Waals surface area (Å²) in [6.07, 6.45) is 0.380. The number of hydrogen-bond acceptors (Lipinski definition) is 4. The van der Waals surface area contributed by atoms with Gasteiger partial charge in [0.2, 0.25) is 5.91 Å². The SMILES string of the molecule is C[C@@H](NC(=O)[C@](C)(N)Cc1ccccc1)C(=O)OCc1ccccc1. The molecule has 2 aromatic carbocycles. The zero-order valence-corrected chi connectivity index (χ0v) is 14.6. The van der Waals surface area contributed by atoms with Gasteiger partial charge in [0, 0.05) is 0 Å². The second-order valence-electron chi connectivity index (χ2n) is 6.37. The summed E-state index contributed by atoms with van der Waals surface area (Å²) in [5, 5.41) is 2.64. The molecule has 0 saturated carbocycles. The Labute approximate surface area is 148 Å². The molecule has 1 amide bonds. The van der Waals surface area contributed by atoms with Crippen LogP contribution in [0.4, 0.5) is 0 Å². The van der Waals surface area contributed by atoms with Gasteiger partial charge in [0.25, 0.3) is 0 Å². The average molecular weight is 340 g/mol. The zero-order chi connectivity index (χ0) is 18.3. The minimum absolute atomic E-state index is 0.170. The van der Waals surface area contributed by atoms with Crippen LogP contribution in [0.25, 0.3) is 0 Å². The molecule has 0 radical (unpaired) electrons. The molecule has 0 heterocycles. The Hall–Kier alpha value is -2.66. The van der Waals surface area contributed by atoms with Crippen molar-refractivity contribution < 1.29 is 14.3 Å². The molecule has 5 heteroatoms. The Morgan fingerprint density at radius 2 is 1.56 bits per heavy atom. The lowest BCUT2D eigenvalue weighted by molar-refractivity contribution is -0.149. The number of ether oxygens (including phenoxy) is 1. The van der Waals surface area contributed by atoms with Crippen molar-refractivity contribution in [3.63, 3.8) is 0 Å². The van der Waals surface area contributed by atoms with Gasteiger partial charge in [0.1, 0.15) is 12.6 Å². The third-order valence-electron chi connectivity index (χ3n) is 3.86. The van der Waals surface area contributed by atoms with Crippen molar-refractivity contribution in [2.75, 3.05) is 0 Å². The van der Waals surface area contributed by atoms with Crippen molar-refractivity contribution in [2.24, 2.45) is 5.73 Å². The van der Waals surface area contributed by atoms with Crippen LogP contribution in [-0.2, 0) is 27.4 Å². The molecule has 0 aliphatic rings. The van der Waals surface area contributed by atoms with E-state index in [2.05, 4.69) is 5.32 Å². The molecule has 5 nitrogen and oxygen atoms in total. The second kappa shape index (κ2) is 8.44. The number of esters is 1. The van der Waals surface area contributed by atoms with Crippen molar-refractivity contribution in [3.05, 3.63) is 71.8 Å². The first-order valence-electron chi connectivity index (χ1n) is 8.23. The summed E-state index contributed by atoms with van der Waals surface area (Å²) in [6, 6.07) is 18.1. The quantitative estimate of drug-likeness (QED) is 0.757. The van der Waals surface area contributed by atoms with Gasteiger partial charge in [-0.1, -0.05) is 60.7 Å². The molecular weight excluding hydrogens is 316 g/mol. The number of amides is 1.